The fourth-order valence-corrected chi connectivity index (χ4v) is 5.60. The van der Waals surface area contributed by atoms with Gasteiger partial charge in [-0.1, -0.05) is 39.7 Å². The number of aromatic nitrogens is 1. The van der Waals surface area contributed by atoms with Crippen molar-refractivity contribution in [2.45, 2.75) is 24.5 Å². The lowest BCUT2D eigenvalue weighted by molar-refractivity contribution is -0.598. The molecule has 0 radical (unpaired) electrons. The first-order valence-electron chi connectivity index (χ1n) is 9.65. The van der Waals surface area contributed by atoms with Crippen LogP contribution in [0.3, 0.4) is 0 Å². The molecule has 3 aromatic rings. The van der Waals surface area contributed by atoms with Crippen LogP contribution in [-0.2, 0) is 16.0 Å². The zero-order chi connectivity index (χ0) is 22.2. The molecule has 0 amide bonds. The maximum absolute atomic E-state index is 13.4. The molecule has 3 rings (SSSR count). The first kappa shape index (κ1) is 23.3. The van der Waals surface area contributed by atoms with Gasteiger partial charge in [0.05, 0.1) is 29.2 Å². The molecule has 158 valence electrons. The lowest BCUT2D eigenvalue weighted by Crippen LogP contribution is -2.31. The summed E-state index contributed by atoms with van der Waals surface area (Å²) < 4.78 is 9.00. The van der Waals surface area contributed by atoms with E-state index in [-0.39, 0.29) is 18.2 Å². The molecule has 0 atom stereocenters. The van der Waals surface area contributed by atoms with E-state index in [4.69, 9.17) is 4.74 Å². The van der Waals surface area contributed by atoms with Crippen molar-refractivity contribution in [1.82, 2.24) is 0 Å². The summed E-state index contributed by atoms with van der Waals surface area (Å²) >= 11 is 6.38. The van der Waals surface area contributed by atoms with Gasteiger partial charge >= 0.3 is 5.97 Å². The number of esters is 1. The predicted molar refractivity (Wildman–Crippen MR) is 128 cm³/mol. The summed E-state index contributed by atoms with van der Waals surface area (Å²) in [4.78, 5) is 26.4. The van der Waals surface area contributed by atoms with Crippen molar-refractivity contribution >= 4 is 50.8 Å². The van der Waals surface area contributed by atoms with E-state index in [2.05, 4.69) is 27.8 Å². The van der Waals surface area contributed by atoms with Gasteiger partial charge in [-0.15, -0.1) is 17.3 Å². The molecule has 4 nitrogen and oxygen atoms in total. The molecule has 1 aromatic carbocycles. The summed E-state index contributed by atoms with van der Waals surface area (Å²) in [7, 11) is 0. The van der Waals surface area contributed by atoms with Crippen LogP contribution in [0.2, 0.25) is 0 Å². The van der Waals surface area contributed by atoms with Crippen LogP contribution in [0.15, 0.2) is 63.5 Å². The van der Waals surface area contributed by atoms with Gasteiger partial charge in [-0.25, -0.2) is 0 Å². The number of ether oxygens (including phenoxy) is 1. The molecule has 0 fully saturated rings. The third-order valence-electron chi connectivity index (χ3n) is 4.31. The van der Waals surface area contributed by atoms with Crippen LogP contribution in [0.25, 0.3) is 5.69 Å². The Morgan fingerprint density at radius 1 is 1.16 bits per heavy atom. The van der Waals surface area contributed by atoms with Crippen LogP contribution in [0.4, 0.5) is 0 Å². The van der Waals surface area contributed by atoms with Crippen molar-refractivity contribution in [2.75, 3.05) is 12.4 Å². The van der Waals surface area contributed by atoms with Crippen molar-refractivity contribution in [3.05, 3.63) is 75.3 Å². The molecular weight excluding hydrogens is 494 g/mol. The van der Waals surface area contributed by atoms with Crippen LogP contribution >= 0.6 is 39.0 Å². The number of pyridine rings is 1. The monoisotopic (exact) mass is 514 g/mol. The first-order chi connectivity index (χ1) is 15.0. The Hall–Kier alpha value is -2.40. The molecule has 0 aliphatic rings. The van der Waals surface area contributed by atoms with Gasteiger partial charge in [0.25, 0.3) is 0 Å². The summed E-state index contributed by atoms with van der Waals surface area (Å²) in [6.07, 6.45) is 3.86. The molecule has 0 N–H and O–H groups in total. The quantitative estimate of drug-likeness (QED) is 0.135. The minimum absolute atomic E-state index is 0.0270. The first-order valence-corrected chi connectivity index (χ1v) is 12.2. The van der Waals surface area contributed by atoms with Crippen molar-refractivity contribution in [3.8, 4) is 17.5 Å². The van der Waals surface area contributed by atoms with Crippen molar-refractivity contribution in [3.63, 3.8) is 0 Å². The SMILES string of the molecule is CC#CCSc1sc(C(=O)c2ccc(Br)cc2)c(CC(=O)OCC)c1-[n+]1ccccc1. The second-order valence-electron chi connectivity index (χ2n) is 6.36. The van der Waals surface area contributed by atoms with Gasteiger partial charge in [0, 0.05) is 22.2 Å². The summed E-state index contributed by atoms with van der Waals surface area (Å²) in [5.74, 6) is 6.10. The van der Waals surface area contributed by atoms with E-state index in [1.165, 1.54) is 11.3 Å². The normalized spacial score (nSPS) is 10.3. The summed E-state index contributed by atoms with van der Waals surface area (Å²) in [6, 6.07) is 13.0. The van der Waals surface area contributed by atoms with Crippen molar-refractivity contribution < 1.29 is 18.9 Å². The van der Waals surface area contributed by atoms with E-state index >= 15 is 0 Å². The van der Waals surface area contributed by atoms with Gasteiger partial charge in [0.2, 0.25) is 11.5 Å². The van der Waals surface area contributed by atoms with E-state index < -0.39 is 0 Å². The fourth-order valence-electron chi connectivity index (χ4n) is 2.95. The van der Waals surface area contributed by atoms with E-state index in [0.717, 1.165) is 14.4 Å². The number of carbonyl (C=O) groups is 2. The Labute approximate surface area is 198 Å². The van der Waals surface area contributed by atoms with E-state index in [0.29, 0.717) is 28.4 Å². The smallest absolute Gasteiger partial charge is 0.310 e. The number of carbonyl (C=O) groups excluding carboxylic acids is 2. The second-order valence-corrected chi connectivity index (χ2v) is 9.54. The predicted octanol–water partition coefficient (Wildman–Crippen LogP) is 5.24. The number of benzene rings is 1. The van der Waals surface area contributed by atoms with E-state index in [1.807, 2.05) is 47.3 Å². The molecule has 0 saturated heterocycles. The van der Waals surface area contributed by atoms with E-state index in [9.17, 15) is 9.59 Å². The van der Waals surface area contributed by atoms with Gasteiger partial charge in [0.15, 0.2) is 12.4 Å². The van der Waals surface area contributed by atoms with E-state index in [1.54, 1.807) is 37.7 Å². The second kappa shape index (κ2) is 11.3. The highest BCUT2D eigenvalue weighted by atomic mass is 79.9. The largest absolute Gasteiger partial charge is 0.466 e. The lowest BCUT2D eigenvalue weighted by Gasteiger charge is -2.05. The summed E-state index contributed by atoms with van der Waals surface area (Å²) in [6.45, 7) is 3.87. The van der Waals surface area contributed by atoms with Crippen molar-refractivity contribution in [2.24, 2.45) is 0 Å². The maximum atomic E-state index is 13.4. The Morgan fingerprint density at radius 2 is 1.87 bits per heavy atom. The zero-order valence-electron chi connectivity index (χ0n) is 17.2. The Kier molecular flexibility index (Phi) is 8.47. The lowest BCUT2D eigenvalue weighted by atomic mass is 10.0. The molecule has 0 aliphatic carbocycles. The number of rotatable bonds is 8. The number of ketones is 1. The molecule has 7 heteroatoms. The van der Waals surface area contributed by atoms with Gasteiger partial charge in [0.1, 0.15) is 4.21 Å². The van der Waals surface area contributed by atoms with Gasteiger partial charge < -0.3 is 4.74 Å². The highest BCUT2D eigenvalue weighted by molar-refractivity contribution is 9.10. The number of thioether (sulfide) groups is 1. The van der Waals surface area contributed by atoms with Gasteiger partial charge in [-0.05, 0) is 38.1 Å². The molecule has 2 aromatic heterocycles. The van der Waals surface area contributed by atoms with Crippen LogP contribution < -0.4 is 4.57 Å². The third-order valence-corrected chi connectivity index (χ3v) is 7.20. The van der Waals surface area contributed by atoms with Crippen LogP contribution in [0, 0.1) is 11.8 Å². The van der Waals surface area contributed by atoms with Gasteiger partial charge in [-0.2, -0.15) is 4.57 Å². The van der Waals surface area contributed by atoms with Crippen molar-refractivity contribution in [1.29, 1.82) is 0 Å². The average Bonchev–Trinajstić information content (AvgIpc) is 3.12. The summed E-state index contributed by atoms with van der Waals surface area (Å²) in [5, 5.41) is 0. The minimum Gasteiger partial charge on any atom is -0.466 e. The van der Waals surface area contributed by atoms with Gasteiger partial charge in [-0.3, -0.25) is 9.59 Å². The number of halogens is 1. The Bertz CT molecular complexity index is 1130. The standard InChI is InChI=1S/C24H21BrNO3S2/c1-3-5-15-30-24-21(26-13-7-6-8-14-26)19(16-20(27)29-4-2)23(31-24)22(28)17-9-11-18(25)12-10-17/h6-14H,4,15-16H2,1-2H3/q+1. The minimum atomic E-state index is -0.354. The topological polar surface area (TPSA) is 47.3 Å². The average molecular weight is 515 g/mol. The summed E-state index contributed by atoms with van der Waals surface area (Å²) in [5.41, 5.74) is 2.09. The fraction of sp³-hybridized carbons (Fsp3) is 0.208. The highest BCUT2D eigenvalue weighted by Crippen LogP contribution is 2.38. The molecular formula is C24H21BrNO3S2+. The molecule has 31 heavy (non-hydrogen) atoms. The molecule has 0 saturated carbocycles. The Balaban J connectivity index is 2.17. The van der Waals surface area contributed by atoms with Crippen LogP contribution in [0.5, 0.6) is 0 Å². The number of nitrogens with zero attached hydrogens (tertiary/aromatic N) is 1. The number of thiophene rings is 1. The number of hydrogen-bond donors (Lipinski definition) is 0. The zero-order valence-corrected chi connectivity index (χ0v) is 20.4. The Morgan fingerprint density at radius 3 is 2.52 bits per heavy atom. The van der Waals surface area contributed by atoms with Crippen LogP contribution in [0.1, 0.15) is 34.6 Å². The molecule has 0 aliphatic heterocycles. The highest BCUT2D eigenvalue weighted by Gasteiger charge is 2.31. The molecule has 2 heterocycles. The maximum Gasteiger partial charge on any atom is 0.310 e. The molecule has 0 unspecified atom stereocenters. The molecule has 0 bridgehead atoms. The third kappa shape index (κ3) is 5.85. The number of hydrogen-bond acceptors (Lipinski definition) is 5. The molecule has 0 spiro atoms. The van der Waals surface area contributed by atoms with Crippen LogP contribution in [-0.4, -0.2) is 24.1 Å².